The van der Waals surface area contributed by atoms with Crippen molar-refractivity contribution in [1.82, 2.24) is 10.2 Å². The summed E-state index contributed by atoms with van der Waals surface area (Å²) in [5, 5.41) is 3.05. The van der Waals surface area contributed by atoms with Crippen LogP contribution in [0.1, 0.15) is 18.6 Å². The van der Waals surface area contributed by atoms with E-state index in [2.05, 4.69) is 27.3 Å². The zero-order chi connectivity index (χ0) is 14.5. The molecule has 2 rings (SSSR count). The van der Waals surface area contributed by atoms with Gasteiger partial charge in [-0.1, -0.05) is 35.0 Å². The van der Waals surface area contributed by atoms with Gasteiger partial charge in [0, 0.05) is 23.5 Å². The molecule has 4 nitrogen and oxygen atoms in total. The monoisotopic (exact) mass is 376 g/mol. The normalized spacial score (nSPS) is 19.8. The molecule has 21 heavy (non-hydrogen) atoms. The third kappa shape index (κ3) is 4.95. The molecule has 1 amide bonds. The Balaban J connectivity index is 0.00000220. The highest BCUT2D eigenvalue weighted by Crippen LogP contribution is 2.25. The predicted molar refractivity (Wildman–Crippen MR) is 89.8 cm³/mol. The molecule has 0 aliphatic carbocycles. The summed E-state index contributed by atoms with van der Waals surface area (Å²) in [5.41, 5.74) is 1.11. The number of amides is 1. The van der Waals surface area contributed by atoms with E-state index in [9.17, 15) is 4.79 Å². The summed E-state index contributed by atoms with van der Waals surface area (Å²) in [5.74, 6) is 0.198. The minimum Gasteiger partial charge on any atom is -0.370 e. The van der Waals surface area contributed by atoms with Gasteiger partial charge in [-0.2, -0.15) is 0 Å². The van der Waals surface area contributed by atoms with Crippen molar-refractivity contribution in [2.45, 2.75) is 13.0 Å². The van der Waals surface area contributed by atoms with Gasteiger partial charge in [-0.25, -0.2) is 0 Å². The molecule has 118 valence electrons. The maximum atomic E-state index is 12.4. The average Bonchev–Trinajstić information content (AvgIpc) is 2.47. The number of hydrogen-bond donors (Lipinski definition) is 1. The van der Waals surface area contributed by atoms with Crippen molar-refractivity contribution < 1.29 is 9.53 Å². The predicted octanol–water partition coefficient (Wildman–Crippen LogP) is 2.63. The van der Waals surface area contributed by atoms with E-state index in [0.717, 1.165) is 10.0 Å². The molecule has 1 heterocycles. The Morgan fingerprint density at radius 1 is 1.57 bits per heavy atom. The van der Waals surface area contributed by atoms with Crippen LogP contribution in [0.25, 0.3) is 0 Å². The first-order valence-corrected chi connectivity index (χ1v) is 7.71. The molecule has 1 saturated heterocycles. The van der Waals surface area contributed by atoms with Gasteiger partial charge in [-0.3, -0.25) is 4.79 Å². The Hall–Kier alpha value is -0.620. The van der Waals surface area contributed by atoms with Crippen molar-refractivity contribution in [3.63, 3.8) is 0 Å². The van der Waals surface area contributed by atoms with E-state index < -0.39 is 0 Å². The third-order valence-electron chi connectivity index (χ3n) is 3.53. The van der Waals surface area contributed by atoms with Gasteiger partial charge < -0.3 is 15.0 Å². The van der Waals surface area contributed by atoms with Crippen molar-refractivity contribution in [3.8, 4) is 0 Å². The Labute approximate surface area is 140 Å². The number of hydrogen-bond acceptors (Lipinski definition) is 3. The molecule has 0 radical (unpaired) electrons. The molecule has 0 saturated carbocycles. The van der Waals surface area contributed by atoms with E-state index >= 15 is 0 Å². The van der Waals surface area contributed by atoms with Crippen LogP contribution in [0.3, 0.4) is 0 Å². The fourth-order valence-electron chi connectivity index (χ4n) is 2.46. The molecule has 0 aromatic heterocycles. The smallest absolute Gasteiger partial charge is 0.226 e. The molecule has 2 atom stereocenters. The van der Waals surface area contributed by atoms with Crippen LogP contribution in [-0.4, -0.2) is 44.1 Å². The van der Waals surface area contributed by atoms with Gasteiger partial charge >= 0.3 is 0 Å². The second kappa shape index (κ2) is 8.73. The van der Waals surface area contributed by atoms with Crippen molar-refractivity contribution >= 4 is 34.2 Å². The molecule has 6 heteroatoms. The fourth-order valence-corrected chi connectivity index (χ4v) is 2.88. The van der Waals surface area contributed by atoms with Crippen LogP contribution in [0.2, 0.25) is 0 Å². The lowest BCUT2D eigenvalue weighted by molar-refractivity contribution is -0.142. The van der Waals surface area contributed by atoms with Crippen LogP contribution < -0.4 is 5.32 Å². The van der Waals surface area contributed by atoms with Gasteiger partial charge in [0.25, 0.3) is 0 Å². The van der Waals surface area contributed by atoms with E-state index in [1.165, 1.54) is 0 Å². The van der Waals surface area contributed by atoms with Crippen LogP contribution in [-0.2, 0) is 9.53 Å². The van der Waals surface area contributed by atoms with Crippen LogP contribution in [0.5, 0.6) is 0 Å². The number of benzene rings is 1. The maximum absolute atomic E-state index is 12.4. The minimum absolute atomic E-state index is 0. The highest BCUT2D eigenvalue weighted by Gasteiger charge is 2.27. The lowest BCUT2D eigenvalue weighted by Crippen LogP contribution is -2.46. The molecular weight excluding hydrogens is 356 g/mol. The molecule has 1 aromatic carbocycles. The zero-order valence-electron chi connectivity index (χ0n) is 12.3. The molecule has 1 fully saturated rings. The summed E-state index contributed by atoms with van der Waals surface area (Å²) in [6.45, 7) is 4.57. The number of rotatable bonds is 4. The summed E-state index contributed by atoms with van der Waals surface area (Å²) in [4.78, 5) is 14.3. The zero-order valence-corrected chi connectivity index (χ0v) is 14.7. The van der Waals surface area contributed by atoms with Crippen molar-refractivity contribution in [2.75, 3.05) is 33.3 Å². The molecule has 1 aliphatic rings. The first kappa shape index (κ1) is 18.4. The second-order valence-corrected chi connectivity index (χ2v) is 6.07. The Bertz CT molecular complexity index is 473. The molecule has 0 bridgehead atoms. The van der Waals surface area contributed by atoms with Gasteiger partial charge in [0.1, 0.15) is 6.10 Å². The number of carbonyl (C=O) groups excluding carboxylic acids is 1. The summed E-state index contributed by atoms with van der Waals surface area (Å²) >= 11 is 3.47. The summed E-state index contributed by atoms with van der Waals surface area (Å²) in [6.07, 6.45) is -0.0352. The first-order chi connectivity index (χ1) is 9.61. The van der Waals surface area contributed by atoms with Gasteiger partial charge in [-0.05, 0) is 24.7 Å². The summed E-state index contributed by atoms with van der Waals surface area (Å²) in [6, 6.07) is 8.08. The van der Waals surface area contributed by atoms with Crippen molar-refractivity contribution in [2.24, 2.45) is 5.92 Å². The molecule has 1 aromatic rings. The standard InChI is InChI=1S/C15H21BrN2O2.ClH/c1-11(9-17-2)15(19)18-6-7-20-14(10-18)12-4-3-5-13(16)8-12;/h3-5,8,11,14,17H,6-7,9-10H2,1-2H3;1H. The summed E-state index contributed by atoms with van der Waals surface area (Å²) < 4.78 is 6.84. The van der Waals surface area contributed by atoms with Crippen LogP contribution in [0.4, 0.5) is 0 Å². The molecule has 0 spiro atoms. The van der Waals surface area contributed by atoms with Crippen molar-refractivity contribution in [3.05, 3.63) is 34.3 Å². The number of ether oxygens (including phenoxy) is 1. The average molecular weight is 378 g/mol. The number of morpholine rings is 1. The van der Waals surface area contributed by atoms with Gasteiger partial charge in [0.2, 0.25) is 5.91 Å². The topological polar surface area (TPSA) is 41.6 Å². The molecule has 2 unspecified atom stereocenters. The van der Waals surface area contributed by atoms with E-state index in [1.54, 1.807) is 0 Å². The third-order valence-corrected chi connectivity index (χ3v) is 4.02. The quantitative estimate of drug-likeness (QED) is 0.877. The number of carbonyl (C=O) groups is 1. The van der Waals surface area contributed by atoms with Gasteiger partial charge in [0.15, 0.2) is 0 Å². The van der Waals surface area contributed by atoms with Crippen LogP contribution >= 0.6 is 28.3 Å². The highest BCUT2D eigenvalue weighted by atomic mass is 79.9. The van der Waals surface area contributed by atoms with Crippen molar-refractivity contribution in [1.29, 1.82) is 0 Å². The minimum atomic E-state index is -0.0352. The summed E-state index contributed by atoms with van der Waals surface area (Å²) in [7, 11) is 1.87. The highest BCUT2D eigenvalue weighted by molar-refractivity contribution is 9.10. The van der Waals surface area contributed by atoms with Crippen LogP contribution in [0, 0.1) is 5.92 Å². The number of halogens is 2. The van der Waals surface area contributed by atoms with E-state index in [1.807, 2.05) is 37.1 Å². The van der Waals surface area contributed by atoms with E-state index in [4.69, 9.17) is 4.74 Å². The largest absolute Gasteiger partial charge is 0.370 e. The second-order valence-electron chi connectivity index (χ2n) is 5.16. The number of nitrogens with zero attached hydrogens (tertiary/aromatic N) is 1. The van der Waals surface area contributed by atoms with Crippen LogP contribution in [0.15, 0.2) is 28.7 Å². The lowest BCUT2D eigenvalue weighted by Gasteiger charge is -2.34. The fraction of sp³-hybridized carbons (Fsp3) is 0.533. The van der Waals surface area contributed by atoms with E-state index in [0.29, 0.717) is 26.2 Å². The lowest BCUT2D eigenvalue weighted by atomic mass is 10.1. The Morgan fingerprint density at radius 2 is 2.33 bits per heavy atom. The number of nitrogens with one attached hydrogen (secondary N) is 1. The molecule has 1 N–H and O–H groups in total. The molecule has 1 aliphatic heterocycles. The van der Waals surface area contributed by atoms with E-state index in [-0.39, 0.29) is 30.3 Å². The van der Waals surface area contributed by atoms with Gasteiger partial charge in [-0.15, -0.1) is 12.4 Å². The maximum Gasteiger partial charge on any atom is 0.226 e. The first-order valence-electron chi connectivity index (χ1n) is 6.92. The SMILES string of the molecule is CNCC(C)C(=O)N1CCOC(c2cccc(Br)c2)C1.Cl. The molecular formula is C15H22BrClN2O2. The Kier molecular flexibility index (Phi) is 7.66. The van der Waals surface area contributed by atoms with Gasteiger partial charge in [0.05, 0.1) is 13.2 Å². The Morgan fingerprint density at radius 3 is 3.00 bits per heavy atom.